The van der Waals surface area contributed by atoms with E-state index in [2.05, 4.69) is 0 Å². The molecule has 1 aromatic rings. The van der Waals surface area contributed by atoms with E-state index >= 15 is 0 Å². The quantitative estimate of drug-likeness (QED) is 0.429. The van der Waals surface area contributed by atoms with E-state index in [9.17, 15) is 4.79 Å². The third kappa shape index (κ3) is 2.14. The van der Waals surface area contributed by atoms with Crippen molar-refractivity contribution in [2.45, 2.75) is 0 Å². The van der Waals surface area contributed by atoms with Crippen LogP contribution in [0.1, 0.15) is 10.4 Å². The van der Waals surface area contributed by atoms with E-state index in [0.29, 0.717) is 0 Å². The van der Waals surface area contributed by atoms with Crippen molar-refractivity contribution >= 4 is 35.5 Å². The van der Waals surface area contributed by atoms with E-state index < -0.39 is 17.5 Å². The first kappa shape index (κ1) is 11.3. The number of phenolic OH excluding ortho intramolecular Hbond substituents is 1. The second kappa shape index (κ2) is 4.35. The number of para-hydroxylation sites is 1. The number of carbonyl (C=O) groups is 1. The van der Waals surface area contributed by atoms with Crippen molar-refractivity contribution in [3.63, 3.8) is 0 Å². The molecule has 0 aromatic heterocycles. The molecule has 5 heteroatoms. The van der Waals surface area contributed by atoms with Crippen molar-refractivity contribution in [3.8, 4) is 11.5 Å². The summed E-state index contributed by atoms with van der Waals surface area (Å²) in [4.78, 5) is 10.3. The number of carboxylic acids is 1. The Morgan fingerprint density at radius 1 is 1.25 bits per heavy atom. The number of carboxylic acid groups (broad SMARTS) is 1. The number of hydrogen-bond donors (Lipinski definition) is 3. The van der Waals surface area contributed by atoms with E-state index in [1.165, 1.54) is 18.2 Å². The number of aromatic hydroxyl groups is 2. The zero-order chi connectivity index (χ0) is 8.43. The van der Waals surface area contributed by atoms with E-state index in [0.717, 1.165) is 0 Å². The van der Waals surface area contributed by atoms with Crippen molar-refractivity contribution < 1.29 is 20.1 Å². The van der Waals surface area contributed by atoms with Gasteiger partial charge in [-0.25, -0.2) is 4.79 Å². The van der Waals surface area contributed by atoms with Gasteiger partial charge in [0.2, 0.25) is 0 Å². The molecule has 0 aliphatic rings. The molecule has 0 fully saturated rings. The van der Waals surface area contributed by atoms with Crippen LogP contribution >= 0.6 is 0 Å². The number of benzene rings is 1. The fraction of sp³-hybridized carbons (Fsp3) is 0. The van der Waals surface area contributed by atoms with Crippen molar-refractivity contribution in [1.29, 1.82) is 0 Å². The molecule has 1 rings (SSSR count). The van der Waals surface area contributed by atoms with Crippen LogP contribution in [0.5, 0.6) is 11.5 Å². The summed E-state index contributed by atoms with van der Waals surface area (Å²) in [6.45, 7) is 0. The predicted molar refractivity (Wildman–Crippen MR) is 42.5 cm³/mol. The Morgan fingerprint density at radius 3 is 2.25 bits per heavy atom. The van der Waals surface area contributed by atoms with Gasteiger partial charge in [0, 0.05) is 29.6 Å². The van der Waals surface area contributed by atoms with Gasteiger partial charge < -0.3 is 15.3 Å². The Labute approximate surface area is 90.8 Å². The zero-order valence-corrected chi connectivity index (χ0v) is 8.48. The first-order valence-corrected chi connectivity index (χ1v) is 2.87. The normalized spacial score (nSPS) is 8.67. The third-order valence-corrected chi connectivity index (χ3v) is 1.25. The summed E-state index contributed by atoms with van der Waals surface area (Å²) in [5.74, 6) is -2.29. The van der Waals surface area contributed by atoms with Crippen LogP contribution in [-0.2, 0) is 0 Å². The molecule has 0 aliphatic heterocycles. The molecule has 3 N–H and O–H groups in total. The molecule has 0 heterocycles. The van der Waals surface area contributed by atoms with Gasteiger partial charge in [0.05, 0.1) is 0 Å². The Balaban J connectivity index is 0.00000121. The number of aromatic carboxylic acids is 1. The first-order chi connectivity index (χ1) is 5.13. The standard InChI is InChI=1S/C7H6O4.Na/c8-5-3-1-2-4(6(5)9)7(10)11;/h1-3,8-9H,(H,10,11);. The molecule has 0 saturated carbocycles. The molecule has 4 nitrogen and oxygen atoms in total. The molecule has 0 atom stereocenters. The zero-order valence-electron chi connectivity index (χ0n) is 6.48. The topological polar surface area (TPSA) is 77.8 Å². The van der Waals surface area contributed by atoms with Gasteiger partial charge in [-0.2, -0.15) is 0 Å². The maximum atomic E-state index is 10.3. The van der Waals surface area contributed by atoms with Gasteiger partial charge in [-0.1, -0.05) is 6.07 Å². The van der Waals surface area contributed by atoms with E-state index in [4.69, 9.17) is 15.3 Å². The fourth-order valence-electron chi connectivity index (χ4n) is 0.704. The molecule has 12 heavy (non-hydrogen) atoms. The van der Waals surface area contributed by atoms with Crippen LogP contribution in [-0.4, -0.2) is 50.8 Å². The molecule has 0 amide bonds. The van der Waals surface area contributed by atoms with Crippen LogP contribution in [0, 0.1) is 0 Å². The first-order valence-electron chi connectivity index (χ1n) is 2.87. The van der Waals surface area contributed by atoms with Gasteiger partial charge in [0.25, 0.3) is 0 Å². The van der Waals surface area contributed by atoms with Crippen LogP contribution in [0.2, 0.25) is 0 Å². The third-order valence-electron chi connectivity index (χ3n) is 1.25. The Bertz CT molecular complexity index is 297. The minimum absolute atomic E-state index is 0. The summed E-state index contributed by atoms with van der Waals surface area (Å²) in [6, 6.07) is 3.76. The average Bonchev–Trinajstić information content (AvgIpc) is 1.94. The summed E-state index contributed by atoms with van der Waals surface area (Å²) >= 11 is 0. The smallest absolute Gasteiger partial charge is 0.339 e. The number of hydrogen-bond acceptors (Lipinski definition) is 3. The van der Waals surface area contributed by atoms with Gasteiger partial charge in [-0.15, -0.1) is 0 Å². The van der Waals surface area contributed by atoms with E-state index in [1.54, 1.807) is 0 Å². The van der Waals surface area contributed by atoms with Crippen LogP contribution in [0.25, 0.3) is 0 Å². The predicted octanol–water partition coefficient (Wildman–Crippen LogP) is 0.415. The molecular weight excluding hydrogens is 171 g/mol. The van der Waals surface area contributed by atoms with Crippen LogP contribution in [0.15, 0.2) is 18.2 Å². The van der Waals surface area contributed by atoms with Crippen LogP contribution < -0.4 is 0 Å². The summed E-state index contributed by atoms with van der Waals surface area (Å²) < 4.78 is 0. The van der Waals surface area contributed by atoms with Gasteiger partial charge in [0.1, 0.15) is 5.56 Å². The molecule has 0 aliphatic carbocycles. The van der Waals surface area contributed by atoms with Gasteiger partial charge in [0.15, 0.2) is 11.5 Å². The minimum Gasteiger partial charge on any atom is -0.504 e. The van der Waals surface area contributed by atoms with Crippen molar-refractivity contribution in [1.82, 2.24) is 0 Å². The monoisotopic (exact) mass is 177 g/mol. The Morgan fingerprint density at radius 2 is 1.83 bits per heavy atom. The Kier molecular flexibility index (Phi) is 4.09. The van der Waals surface area contributed by atoms with Crippen LogP contribution in [0.4, 0.5) is 0 Å². The Hall–Kier alpha value is -0.710. The summed E-state index contributed by atoms with van der Waals surface area (Å²) in [6.07, 6.45) is 0. The minimum atomic E-state index is -1.27. The van der Waals surface area contributed by atoms with Crippen molar-refractivity contribution in [2.75, 3.05) is 0 Å². The summed E-state index contributed by atoms with van der Waals surface area (Å²) in [7, 11) is 0. The van der Waals surface area contributed by atoms with Crippen molar-refractivity contribution in [2.24, 2.45) is 0 Å². The number of phenols is 2. The van der Waals surface area contributed by atoms with Gasteiger partial charge in [-0.3, -0.25) is 0 Å². The maximum absolute atomic E-state index is 10.3. The SMILES string of the molecule is O=C(O)c1cccc(O)c1O.[Na]. The second-order valence-corrected chi connectivity index (χ2v) is 1.98. The van der Waals surface area contributed by atoms with E-state index in [1.807, 2.05) is 0 Å². The number of rotatable bonds is 1. The molecule has 0 bridgehead atoms. The molecule has 0 spiro atoms. The molecular formula is C7H6NaO4. The second-order valence-electron chi connectivity index (χ2n) is 1.98. The molecule has 0 unspecified atom stereocenters. The van der Waals surface area contributed by atoms with Crippen LogP contribution in [0.3, 0.4) is 0 Å². The molecule has 0 saturated heterocycles. The van der Waals surface area contributed by atoms with E-state index in [-0.39, 0.29) is 35.1 Å². The largest absolute Gasteiger partial charge is 0.504 e. The van der Waals surface area contributed by atoms with Crippen molar-refractivity contribution in [3.05, 3.63) is 23.8 Å². The van der Waals surface area contributed by atoms with Gasteiger partial charge in [-0.05, 0) is 12.1 Å². The summed E-state index contributed by atoms with van der Waals surface area (Å²) in [5.41, 5.74) is -0.301. The average molecular weight is 177 g/mol. The summed E-state index contributed by atoms with van der Waals surface area (Å²) in [5, 5.41) is 26.2. The van der Waals surface area contributed by atoms with Gasteiger partial charge >= 0.3 is 5.97 Å². The maximum Gasteiger partial charge on any atom is 0.339 e. The fourth-order valence-corrected chi connectivity index (χ4v) is 0.704. The molecule has 1 radical (unpaired) electrons. The molecule has 1 aromatic carbocycles. The molecule has 59 valence electrons.